The van der Waals surface area contributed by atoms with Crippen LogP contribution in [-0.4, -0.2) is 54.0 Å². The fourth-order valence-electron chi connectivity index (χ4n) is 4.91. The molecule has 34 heavy (non-hydrogen) atoms. The lowest BCUT2D eigenvalue weighted by Gasteiger charge is -2.41. The maximum atomic E-state index is 12.7. The van der Waals surface area contributed by atoms with Gasteiger partial charge in [0, 0.05) is 37.5 Å². The van der Waals surface area contributed by atoms with Crippen LogP contribution < -0.4 is 10.2 Å². The lowest BCUT2D eigenvalue weighted by atomic mass is 9.77. The first-order chi connectivity index (χ1) is 16.5. The SMILES string of the molecule is [O-][S@+]1CCc2nc(N3CCc4cc(-c5ncc(Cl)cn5)ccc4C3)nc(NC3(CO)CCC3)c21. The third-order valence-electron chi connectivity index (χ3n) is 7.05. The van der Waals surface area contributed by atoms with E-state index in [4.69, 9.17) is 21.6 Å². The molecule has 0 unspecified atom stereocenters. The number of benzene rings is 1. The van der Waals surface area contributed by atoms with E-state index in [2.05, 4.69) is 32.3 Å². The Kier molecular flexibility index (Phi) is 5.60. The van der Waals surface area contributed by atoms with Gasteiger partial charge >= 0.3 is 0 Å². The zero-order chi connectivity index (χ0) is 23.3. The normalized spacial score (nSPS) is 20.4. The van der Waals surface area contributed by atoms with E-state index in [0.29, 0.717) is 46.2 Å². The number of aliphatic hydroxyl groups is 1. The van der Waals surface area contributed by atoms with Gasteiger partial charge in [0.1, 0.15) is 11.4 Å². The third-order valence-corrected chi connectivity index (χ3v) is 8.71. The van der Waals surface area contributed by atoms with Gasteiger partial charge in [-0.05, 0) is 54.1 Å². The van der Waals surface area contributed by atoms with Crippen LogP contribution in [0.2, 0.25) is 5.02 Å². The van der Waals surface area contributed by atoms with Crippen molar-refractivity contribution in [1.82, 2.24) is 19.9 Å². The van der Waals surface area contributed by atoms with E-state index in [1.165, 1.54) is 11.1 Å². The summed E-state index contributed by atoms with van der Waals surface area (Å²) in [6, 6.07) is 6.30. The van der Waals surface area contributed by atoms with Crippen LogP contribution in [0.4, 0.5) is 11.8 Å². The van der Waals surface area contributed by atoms with Gasteiger partial charge in [0.05, 0.1) is 17.2 Å². The summed E-state index contributed by atoms with van der Waals surface area (Å²) >= 11 is 4.82. The van der Waals surface area contributed by atoms with Crippen molar-refractivity contribution in [2.24, 2.45) is 0 Å². The van der Waals surface area contributed by atoms with Crippen molar-refractivity contribution in [3.05, 3.63) is 52.4 Å². The monoisotopic (exact) mass is 496 g/mol. The van der Waals surface area contributed by atoms with E-state index < -0.39 is 11.2 Å². The molecule has 0 bridgehead atoms. The number of aliphatic hydroxyl groups excluding tert-OH is 1. The van der Waals surface area contributed by atoms with Crippen molar-refractivity contribution in [3.8, 4) is 11.4 Å². The van der Waals surface area contributed by atoms with Crippen molar-refractivity contribution in [2.45, 2.75) is 49.1 Å². The summed E-state index contributed by atoms with van der Waals surface area (Å²) < 4.78 is 12.7. The summed E-state index contributed by atoms with van der Waals surface area (Å²) in [5, 5.41) is 13.9. The van der Waals surface area contributed by atoms with E-state index in [1.54, 1.807) is 12.4 Å². The second-order valence-electron chi connectivity index (χ2n) is 9.24. The smallest absolute Gasteiger partial charge is 0.228 e. The van der Waals surface area contributed by atoms with Crippen molar-refractivity contribution in [1.29, 1.82) is 0 Å². The molecule has 0 saturated heterocycles. The minimum atomic E-state index is -1.10. The van der Waals surface area contributed by atoms with E-state index in [1.807, 2.05) is 6.07 Å². The summed E-state index contributed by atoms with van der Waals surface area (Å²) in [7, 11) is 0. The Bertz CT molecular complexity index is 1230. The Labute approximate surface area is 206 Å². The molecule has 176 valence electrons. The van der Waals surface area contributed by atoms with Gasteiger partial charge in [-0.2, -0.15) is 4.98 Å². The average Bonchev–Trinajstić information content (AvgIpc) is 3.22. The molecule has 0 amide bonds. The molecule has 0 radical (unpaired) electrons. The molecule has 1 atom stereocenters. The minimum absolute atomic E-state index is 0.0461. The molecule has 6 rings (SSSR count). The quantitative estimate of drug-likeness (QED) is 0.518. The standard InChI is InChI=1S/C24H25ClN6O2S/c25-18-11-26-21(27-12-18)16-2-3-17-13-31(8-4-15(17)10-16)23-28-19-5-9-34(33)20(19)22(29-23)30-24(14-32)6-1-7-24/h2-3,10-12,32H,1,4-9,13-14H2,(H,28,29,30)/t34-/m1/s1. The molecular formula is C24H25ClN6O2S. The number of hydrogen-bond donors (Lipinski definition) is 2. The number of aromatic nitrogens is 4. The molecular weight excluding hydrogens is 472 g/mol. The Balaban J connectivity index is 1.28. The van der Waals surface area contributed by atoms with Gasteiger partial charge in [-0.1, -0.05) is 23.7 Å². The first-order valence-corrected chi connectivity index (χ1v) is 13.3. The lowest BCUT2D eigenvalue weighted by molar-refractivity contribution is 0.143. The minimum Gasteiger partial charge on any atom is -0.611 e. The number of nitrogens with one attached hydrogen (secondary N) is 1. The van der Waals surface area contributed by atoms with Gasteiger partial charge in [-0.25, -0.2) is 15.0 Å². The molecule has 1 aromatic carbocycles. The number of fused-ring (bicyclic) bond motifs is 2. The van der Waals surface area contributed by atoms with Crippen LogP contribution in [0, 0.1) is 0 Å². The largest absolute Gasteiger partial charge is 0.611 e. The third kappa shape index (κ3) is 3.90. The van der Waals surface area contributed by atoms with Crippen molar-refractivity contribution >= 4 is 34.5 Å². The van der Waals surface area contributed by atoms with Crippen LogP contribution in [0.15, 0.2) is 35.5 Å². The number of halogens is 1. The number of nitrogens with zero attached hydrogens (tertiary/aromatic N) is 5. The number of aryl methyl sites for hydroxylation is 1. The highest BCUT2D eigenvalue weighted by molar-refractivity contribution is 7.91. The summed E-state index contributed by atoms with van der Waals surface area (Å²) in [6.45, 7) is 1.53. The Morgan fingerprint density at radius 1 is 1.15 bits per heavy atom. The molecule has 4 heterocycles. The highest BCUT2D eigenvalue weighted by Crippen LogP contribution is 2.39. The molecule has 8 nitrogen and oxygen atoms in total. The first-order valence-electron chi connectivity index (χ1n) is 11.6. The molecule has 3 aliphatic rings. The predicted molar refractivity (Wildman–Crippen MR) is 132 cm³/mol. The first kappa shape index (κ1) is 22.0. The molecule has 3 aromatic rings. The number of anilines is 2. The number of rotatable bonds is 5. The topological polar surface area (TPSA) is 110 Å². The number of hydrogen-bond acceptors (Lipinski definition) is 8. The van der Waals surface area contributed by atoms with E-state index in [-0.39, 0.29) is 12.1 Å². The van der Waals surface area contributed by atoms with E-state index >= 15 is 0 Å². The Morgan fingerprint density at radius 3 is 2.71 bits per heavy atom. The van der Waals surface area contributed by atoms with Gasteiger partial charge in [0.2, 0.25) is 10.8 Å². The van der Waals surface area contributed by atoms with Gasteiger partial charge in [-0.3, -0.25) is 0 Å². The van der Waals surface area contributed by atoms with Crippen molar-refractivity contribution < 1.29 is 9.66 Å². The summed E-state index contributed by atoms with van der Waals surface area (Å²) in [5.41, 5.74) is 3.96. The molecule has 1 saturated carbocycles. The molecule has 1 fully saturated rings. The maximum absolute atomic E-state index is 12.7. The zero-order valence-electron chi connectivity index (χ0n) is 18.6. The van der Waals surface area contributed by atoms with E-state index in [0.717, 1.165) is 43.5 Å². The fourth-order valence-corrected chi connectivity index (χ4v) is 6.31. The highest BCUT2D eigenvalue weighted by atomic mass is 35.5. The molecule has 1 aliphatic carbocycles. The second-order valence-corrected chi connectivity index (χ2v) is 11.2. The van der Waals surface area contributed by atoms with Crippen molar-refractivity contribution in [3.63, 3.8) is 0 Å². The molecule has 10 heteroatoms. The Morgan fingerprint density at radius 2 is 1.97 bits per heavy atom. The van der Waals surface area contributed by atoms with Crippen LogP contribution in [0.25, 0.3) is 11.4 Å². The van der Waals surface area contributed by atoms with Crippen LogP contribution in [0.5, 0.6) is 0 Å². The van der Waals surface area contributed by atoms with Crippen LogP contribution in [0.3, 0.4) is 0 Å². The van der Waals surface area contributed by atoms with Gasteiger partial charge in [0.15, 0.2) is 11.6 Å². The van der Waals surface area contributed by atoms with Crippen LogP contribution in [-0.2, 0) is 30.6 Å². The second kappa shape index (κ2) is 8.64. The highest BCUT2D eigenvalue weighted by Gasteiger charge is 2.41. The predicted octanol–water partition coefficient (Wildman–Crippen LogP) is 3.14. The van der Waals surface area contributed by atoms with Crippen LogP contribution in [0.1, 0.15) is 36.1 Å². The lowest BCUT2D eigenvalue weighted by Crippen LogP contribution is -2.49. The van der Waals surface area contributed by atoms with E-state index in [9.17, 15) is 9.66 Å². The van der Waals surface area contributed by atoms with Gasteiger partial charge < -0.3 is 19.9 Å². The zero-order valence-corrected chi connectivity index (χ0v) is 20.2. The molecule has 2 aliphatic heterocycles. The summed E-state index contributed by atoms with van der Waals surface area (Å²) in [5.74, 6) is 2.52. The molecule has 2 N–H and O–H groups in total. The van der Waals surface area contributed by atoms with Crippen LogP contribution >= 0.6 is 11.6 Å². The van der Waals surface area contributed by atoms with Gasteiger partial charge in [-0.15, -0.1) is 0 Å². The van der Waals surface area contributed by atoms with Gasteiger partial charge in [0.25, 0.3) is 0 Å². The molecule has 0 spiro atoms. The summed E-state index contributed by atoms with van der Waals surface area (Å²) in [6.07, 6.45) is 7.61. The maximum Gasteiger partial charge on any atom is 0.228 e. The van der Waals surface area contributed by atoms with Crippen molar-refractivity contribution in [2.75, 3.05) is 29.1 Å². The molecule has 2 aromatic heterocycles. The Hall–Kier alpha value is -2.46. The average molecular weight is 497 g/mol. The fraction of sp³-hybridized carbons (Fsp3) is 0.417. The summed E-state index contributed by atoms with van der Waals surface area (Å²) in [4.78, 5) is 21.2.